The van der Waals surface area contributed by atoms with Crippen LogP contribution < -0.4 is 16.0 Å². The van der Waals surface area contributed by atoms with E-state index in [0.717, 1.165) is 31.2 Å². The summed E-state index contributed by atoms with van der Waals surface area (Å²) >= 11 is 0. The molecule has 7 heteroatoms. The molecule has 0 bridgehead atoms. The van der Waals surface area contributed by atoms with Crippen LogP contribution in [0.5, 0.6) is 0 Å². The highest BCUT2D eigenvalue weighted by molar-refractivity contribution is 5.86. The Morgan fingerprint density at radius 3 is 2.95 bits per heavy atom. The van der Waals surface area contributed by atoms with E-state index in [9.17, 15) is 13.6 Å². The summed E-state index contributed by atoms with van der Waals surface area (Å²) in [6.45, 7) is -1.51. The molecule has 1 atom stereocenters. The van der Waals surface area contributed by atoms with E-state index in [0.29, 0.717) is 12.1 Å². The zero-order chi connectivity index (χ0) is 15.2. The van der Waals surface area contributed by atoms with Gasteiger partial charge < -0.3 is 21.4 Å². The molecule has 1 aromatic carbocycles. The van der Waals surface area contributed by atoms with E-state index in [-0.39, 0.29) is 17.6 Å². The number of alkyl halides is 2. The summed E-state index contributed by atoms with van der Waals surface area (Å²) in [6.07, 6.45) is 2.83. The van der Waals surface area contributed by atoms with Crippen molar-refractivity contribution in [1.29, 1.82) is 5.41 Å². The molecular formula is C14H18F2N4O. The highest BCUT2D eigenvalue weighted by Gasteiger charge is 2.21. The summed E-state index contributed by atoms with van der Waals surface area (Å²) < 4.78 is 24.6. The Hall–Kier alpha value is -2.02. The van der Waals surface area contributed by atoms with Crippen LogP contribution >= 0.6 is 0 Å². The Balaban J connectivity index is 1.97. The first-order chi connectivity index (χ1) is 10.1. The molecule has 2 rings (SSSR count). The fourth-order valence-electron chi connectivity index (χ4n) is 2.31. The van der Waals surface area contributed by atoms with Crippen LogP contribution in [0, 0.1) is 5.41 Å². The van der Waals surface area contributed by atoms with Gasteiger partial charge in [0, 0.05) is 24.0 Å². The van der Waals surface area contributed by atoms with E-state index in [1.165, 1.54) is 6.07 Å². The number of benzene rings is 1. The van der Waals surface area contributed by atoms with E-state index in [1.54, 1.807) is 12.1 Å². The van der Waals surface area contributed by atoms with Gasteiger partial charge >= 0.3 is 6.55 Å². The molecule has 1 aliphatic rings. The quantitative estimate of drug-likeness (QED) is 0.476. The number of halogens is 2. The van der Waals surface area contributed by atoms with Gasteiger partial charge in [0.25, 0.3) is 0 Å². The van der Waals surface area contributed by atoms with Gasteiger partial charge in [0.1, 0.15) is 0 Å². The fourth-order valence-corrected chi connectivity index (χ4v) is 2.31. The number of hydrogen-bond acceptors (Lipinski definition) is 4. The molecule has 1 fully saturated rings. The number of anilines is 1. The Morgan fingerprint density at radius 1 is 1.52 bits per heavy atom. The van der Waals surface area contributed by atoms with Crippen LogP contribution in [0.4, 0.5) is 14.5 Å². The topological polar surface area (TPSA) is 77.0 Å². The van der Waals surface area contributed by atoms with Crippen molar-refractivity contribution in [2.45, 2.75) is 32.0 Å². The average molecular weight is 296 g/mol. The number of hydrogen-bond donors (Lipinski definition) is 4. The number of carbonyl (C=O) groups excluding carboxylic acids is 1. The summed E-state index contributed by atoms with van der Waals surface area (Å²) in [4.78, 5) is 11.9. The van der Waals surface area contributed by atoms with E-state index < -0.39 is 6.55 Å². The number of rotatable bonds is 6. The summed E-state index contributed by atoms with van der Waals surface area (Å²) in [7, 11) is 0. The molecule has 0 radical (unpaired) electrons. The SMILES string of the molecule is N=Cc1cc(CNC(=O)C2CCCN2)ccc1NC(F)F. The molecule has 114 valence electrons. The molecule has 4 N–H and O–H groups in total. The molecule has 1 aromatic rings. The first-order valence-corrected chi connectivity index (χ1v) is 6.79. The molecule has 0 aliphatic carbocycles. The molecule has 0 aromatic heterocycles. The lowest BCUT2D eigenvalue weighted by molar-refractivity contribution is -0.122. The number of nitrogens with one attached hydrogen (secondary N) is 4. The van der Waals surface area contributed by atoms with Gasteiger partial charge in [-0.2, -0.15) is 8.78 Å². The second-order valence-corrected chi connectivity index (χ2v) is 4.88. The molecule has 1 saturated heterocycles. The Labute approximate surface area is 121 Å². The minimum Gasteiger partial charge on any atom is -0.351 e. The minimum absolute atomic E-state index is 0.0568. The monoisotopic (exact) mass is 296 g/mol. The summed E-state index contributed by atoms with van der Waals surface area (Å²) in [5, 5.41) is 15.2. The molecule has 1 heterocycles. The fraction of sp³-hybridized carbons (Fsp3) is 0.429. The molecule has 1 aliphatic heterocycles. The average Bonchev–Trinajstić information content (AvgIpc) is 2.99. The predicted molar refractivity (Wildman–Crippen MR) is 76.8 cm³/mol. The van der Waals surface area contributed by atoms with Crippen LogP contribution in [0.1, 0.15) is 24.0 Å². The maximum atomic E-state index is 12.3. The van der Waals surface area contributed by atoms with Crippen LogP contribution in [-0.2, 0) is 11.3 Å². The molecule has 0 spiro atoms. The molecule has 0 saturated carbocycles. The van der Waals surface area contributed by atoms with Crippen LogP contribution in [-0.4, -0.2) is 31.3 Å². The standard InChI is InChI=1S/C14H18F2N4O/c15-14(16)20-11-4-3-9(6-10(11)7-17)8-19-13(21)12-2-1-5-18-12/h3-4,6-7,12,14,17-18,20H,1-2,5,8H2,(H,19,21). The summed E-state index contributed by atoms with van der Waals surface area (Å²) in [6, 6.07) is 4.61. The van der Waals surface area contributed by atoms with Crippen molar-refractivity contribution in [3.63, 3.8) is 0 Å². The van der Waals surface area contributed by atoms with Crippen molar-refractivity contribution in [2.75, 3.05) is 11.9 Å². The Morgan fingerprint density at radius 2 is 2.33 bits per heavy atom. The third-order valence-corrected chi connectivity index (χ3v) is 3.38. The van der Waals surface area contributed by atoms with Gasteiger partial charge in [-0.05, 0) is 37.1 Å². The summed E-state index contributed by atoms with van der Waals surface area (Å²) in [5.74, 6) is -0.0568. The maximum absolute atomic E-state index is 12.3. The lowest BCUT2D eigenvalue weighted by Gasteiger charge is -2.13. The van der Waals surface area contributed by atoms with Gasteiger partial charge in [-0.15, -0.1) is 0 Å². The third-order valence-electron chi connectivity index (χ3n) is 3.38. The van der Waals surface area contributed by atoms with Crippen LogP contribution in [0.3, 0.4) is 0 Å². The Kier molecular flexibility index (Phi) is 5.21. The van der Waals surface area contributed by atoms with Crippen LogP contribution in [0.15, 0.2) is 18.2 Å². The van der Waals surface area contributed by atoms with E-state index >= 15 is 0 Å². The van der Waals surface area contributed by atoms with Crippen molar-refractivity contribution in [1.82, 2.24) is 10.6 Å². The van der Waals surface area contributed by atoms with Gasteiger partial charge in [-0.1, -0.05) is 6.07 Å². The van der Waals surface area contributed by atoms with Crippen molar-refractivity contribution in [3.8, 4) is 0 Å². The Bertz CT molecular complexity index is 516. The zero-order valence-corrected chi connectivity index (χ0v) is 11.5. The molecule has 21 heavy (non-hydrogen) atoms. The number of carbonyl (C=O) groups is 1. The molecule has 1 amide bonds. The summed E-state index contributed by atoms with van der Waals surface area (Å²) in [5.41, 5.74) is 1.33. The highest BCUT2D eigenvalue weighted by atomic mass is 19.3. The minimum atomic E-state index is -2.68. The molecular weight excluding hydrogens is 278 g/mol. The van der Waals surface area contributed by atoms with Crippen LogP contribution in [0.25, 0.3) is 0 Å². The van der Waals surface area contributed by atoms with Crippen LogP contribution in [0.2, 0.25) is 0 Å². The van der Waals surface area contributed by atoms with Crippen molar-refractivity contribution in [2.24, 2.45) is 0 Å². The zero-order valence-electron chi connectivity index (χ0n) is 11.5. The smallest absolute Gasteiger partial charge is 0.312 e. The van der Waals surface area contributed by atoms with Gasteiger partial charge in [-0.3, -0.25) is 4.79 Å². The molecule has 1 unspecified atom stereocenters. The normalized spacial score (nSPS) is 17.8. The molecule has 5 nitrogen and oxygen atoms in total. The largest absolute Gasteiger partial charge is 0.351 e. The second kappa shape index (κ2) is 7.12. The first-order valence-electron chi connectivity index (χ1n) is 6.79. The highest BCUT2D eigenvalue weighted by Crippen LogP contribution is 2.17. The lowest BCUT2D eigenvalue weighted by Crippen LogP contribution is -2.40. The van der Waals surface area contributed by atoms with Gasteiger partial charge in [0.05, 0.1) is 6.04 Å². The van der Waals surface area contributed by atoms with Crippen molar-refractivity contribution >= 4 is 17.8 Å². The van der Waals surface area contributed by atoms with Crippen molar-refractivity contribution < 1.29 is 13.6 Å². The third kappa shape index (κ3) is 4.22. The first kappa shape index (κ1) is 15.4. The predicted octanol–water partition coefficient (Wildman–Crippen LogP) is 1.69. The van der Waals surface area contributed by atoms with E-state index in [4.69, 9.17) is 5.41 Å². The van der Waals surface area contributed by atoms with E-state index in [2.05, 4.69) is 10.6 Å². The second-order valence-electron chi connectivity index (χ2n) is 4.88. The maximum Gasteiger partial charge on any atom is 0.312 e. The van der Waals surface area contributed by atoms with Gasteiger partial charge in [0.2, 0.25) is 5.91 Å². The van der Waals surface area contributed by atoms with Crippen molar-refractivity contribution in [3.05, 3.63) is 29.3 Å². The van der Waals surface area contributed by atoms with Gasteiger partial charge in [-0.25, -0.2) is 0 Å². The lowest BCUT2D eigenvalue weighted by atomic mass is 10.1. The van der Waals surface area contributed by atoms with E-state index in [1.807, 2.05) is 5.32 Å². The number of amides is 1. The van der Waals surface area contributed by atoms with Gasteiger partial charge in [0.15, 0.2) is 0 Å².